The zero-order valence-corrected chi connectivity index (χ0v) is 18.8. The molecule has 5 aromatic rings. The van der Waals surface area contributed by atoms with Gasteiger partial charge in [-0.25, -0.2) is 9.67 Å². The molecule has 12 heteroatoms. The fraction of sp³-hybridized carbons (Fsp3) is 0.125. The van der Waals surface area contributed by atoms with Crippen LogP contribution in [0.5, 0.6) is 0 Å². The Kier molecular flexibility index (Phi) is 6.05. The fourth-order valence-electron chi connectivity index (χ4n) is 3.68. The van der Waals surface area contributed by atoms with Crippen molar-refractivity contribution in [1.82, 2.24) is 29.8 Å². The van der Waals surface area contributed by atoms with Gasteiger partial charge in [-0.2, -0.15) is 5.10 Å². The van der Waals surface area contributed by atoms with Gasteiger partial charge in [-0.1, -0.05) is 47.6 Å². The van der Waals surface area contributed by atoms with Crippen LogP contribution in [0.1, 0.15) is 16.1 Å². The second kappa shape index (κ2) is 9.62. The second-order valence-electron chi connectivity index (χ2n) is 7.90. The molecule has 0 aliphatic rings. The van der Waals surface area contributed by atoms with Crippen LogP contribution in [0, 0.1) is 10.1 Å². The lowest BCUT2D eigenvalue weighted by molar-refractivity contribution is -0.384. The molecule has 3 heterocycles. The van der Waals surface area contributed by atoms with Gasteiger partial charge in [0.25, 0.3) is 17.2 Å². The van der Waals surface area contributed by atoms with Gasteiger partial charge >= 0.3 is 0 Å². The number of nitro benzene ring substituents is 1. The summed E-state index contributed by atoms with van der Waals surface area (Å²) in [5.41, 5.74) is 1.78. The van der Waals surface area contributed by atoms with Gasteiger partial charge in [0.2, 0.25) is 0 Å². The Morgan fingerprint density at radius 3 is 2.64 bits per heavy atom. The van der Waals surface area contributed by atoms with Crippen molar-refractivity contribution in [3.05, 3.63) is 105 Å². The summed E-state index contributed by atoms with van der Waals surface area (Å²) in [6.45, 7) is 0.734. The molecule has 3 aromatic heterocycles. The van der Waals surface area contributed by atoms with Gasteiger partial charge in [0, 0.05) is 30.3 Å². The van der Waals surface area contributed by atoms with E-state index in [4.69, 9.17) is 4.52 Å². The van der Waals surface area contributed by atoms with E-state index in [1.807, 2.05) is 30.3 Å². The third kappa shape index (κ3) is 4.59. The lowest BCUT2D eigenvalue weighted by Gasteiger charge is -2.07. The second-order valence-corrected chi connectivity index (χ2v) is 7.90. The van der Waals surface area contributed by atoms with E-state index in [9.17, 15) is 19.7 Å². The van der Waals surface area contributed by atoms with Crippen LogP contribution in [0.2, 0.25) is 0 Å². The zero-order chi connectivity index (χ0) is 25.1. The summed E-state index contributed by atoms with van der Waals surface area (Å²) in [5, 5.41) is 22.0. The number of hydrogen-bond donors (Lipinski definition) is 1. The van der Waals surface area contributed by atoms with Crippen LogP contribution < -0.4 is 10.9 Å². The van der Waals surface area contributed by atoms with Crippen molar-refractivity contribution in [3.63, 3.8) is 0 Å². The molecule has 0 unspecified atom stereocenters. The van der Waals surface area contributed by atoms with Crippen LogP contribution in [0.3, 0.4) is 0 Å². The molecular formula is C24H19N7O5. The first kappa shape index (κ1) is 22.7. The van der Waals surface area contributed by atoms with Crippen LogP contribution in [0.4, 0.5) is 5.69 Å². The number of non-ortho nitro benzene ring substituents is 1. The van der Waals surface area contributed by atoms with Gasteiger partial charge in [0.05, 0.1) is 24.2 Å². The predicted molar refractivity (Wildman–Crippen MR) is 128 cm³/mol. The summed E-state index contributed by atoms with van der Waals surface area (Å²) in [5.74, 6) is 0.101. The Bertz CT molecular complexity index is 1600. The van der Waals surface area contributed by atoms with E-state index >= 15 is 0 Å². The Morgan fingerprint density at radius 1 is 1.11 bits per heavy atom. The average molecular weight is 485 g/mol. The van der Waals surface area contributed by atoms with Gasteiger partial charge in [0.15, 0.2) is 17.1 Å². The Hall–Kier alpha value is -5.13. The molecule has 36 heavy (non-hydrogen) atoms. The molecule has 1 N–H and O–H groups in total. The van der Waals surface area contributed by atoms with Crippen LogP contribution in [0.15, 0.2) is 82.5 Å². The van der Waals surface area contributed by atoms with Crippen molar-refractivity contribution < 1.29 is 14.2 Å². The van der Waals surface area contributed by atoms with Gasteiger partial charge in [-0.05, 0) is 5.56 Å². The number of fused-ring (bicyclic) bond motifs is 1. The molecule has 0 bridgehead atoms. The Morgan fingerprint density at radius 2 is 1.89 bits per heavy atom. The molecule has 0 aliphatic carbocycles. The molecule has 0 saturated carbocycles. The van der Waals surface area contributed by atoms with Crippen LogP contribution in [-0.2, 0) is 13.1 Å². The number of hydrogen-bond acceptors (Lipinski definition) is 8. The minimum absolute atomic E-state index is 0.0202. The first-order valence-corrected chi connectivity index (χ1v) is 10.9. The van der Waals surface area contributed by atoms with E-state index in [1.165, 1.54) is 33.9 Å². The van der Waals surface area contributed by atoms with Crippen LogP contribution in [0.25, 0.3) is 22.4 Å². The van der Waals surface area contributed by atoms with Crippen molar-refractivity contribution in [1.29, 1.82) is 0 Å². The normalized spacial score (nSPS) is 11.0. The maximum Gasteiger partial charge on any atom is 0.273 e. The average Bonchev–Trinajstić information content (AvgIpc) is 3.55. The number of amides is 1. The minimum Gasteiger partial charge on any atom is -0.355 e. The van der Waals surface area contributed by atoms with Crippen molar-refractivity contribution in [3.8, 4) is 11.3 Å². The van der Waals surface area contributed by atoms with E-state index in [-0.39, 0.29) is 36.6 Å². The quantitative estimate of drug-likeness (QED) is 0.260. The summed E-state index contributed by atoms with van der Waals surface area (Å²) in [7, 11) is 0. The van der Waals surface area contributed by atoms with Crippen molar-refractivity contribution in [2.45, 2.75) is 13.1 Å². The summed E-state index contributed by atoms with van der Waals surface area (Å²) in [6, 6.07) is 16.9. The Balaban J connectivity index is 1.23. The van der Waals surface area contributed by atoms with Gasteiger partial charge < -0.3 is 9.84 Å². The van der Waals surface area contributed by atoms with Crippen molar-refractivity contribution in [2.75, 3.05) is 6.54 Å². The first-order valence-electron chi connectivity index (χ1n) is 10.9. The van der Waals surface area contributed by atoms with E-state index < -0.39 is 10.8 Å². The standard InChI is InChI=1S/C24H19N7O5/c32-23(20-12-21(36-28-20)17-4-2-1-3-5-17)25-10-11-30-22-19(13-27-30)24(33)29(15-26-22)14-16-6-8-18(9-7-16)31(34)35/h1-9,12-13,15H,10-11,14H2,(H,25,32). The van der Waals surface area contributed by atoms with Crippen LogP contribution in [-0.4, -0.2) is 41.9 Å². The fourth-order valence-corrected chi connectivity index (χ4v) is 3.68. The molecule has 0 radical (unpaired) electrons. The van der Waals surface area contributed by atoms with Gasteiger partial charge in [-0.15, -0.1) is 0 Å². The minimum atomic E-state index is -0.478. The molecule has 0 fully saturated rings. The SMILES string of the molecule is O=C(NCCn1ncc2c(=O)n(Cc3ccc([N+](=O)[O-])cc3)cnc21)c1cc(-c2ccccc2)on1. The van der Waals surface area contributed by atoms with E-state index in [0.29, 0.717) is 16.8 Å². The highest BCUT2D eigenvalue weighted by Crippen LogP contribution is 2.19. The third-order valence-electron chi connectivity index (χ3n) is 5.53. The third-order valence-corrected chi connectivity index (χ3v) is 5.53. The number of rotatable bonds is 8. The lowest BCUT2D eigenvalue weighted by atomic mass is 10.1. The topological polar surface area (TPSA) is 151 Å². The van der Waals surface area contributed by atoms with E-state index in [0.717, 1.165) is 11.1 Å². The highest BCUT2D eigenvalue weighted by Gasteiger charge is 2.15. The van der Waals surface area contributed by atoms with Crippen molar-refractivity contribution >= 4 is 22.6 Å². The van der Waals surface area contributed by atoms with Gasteiger partial charge in [0.1, 0.15) is 11.7 Å². The zero-order valence-electron chi connectivity index (χ0n) is 18.8. The number of nitrogens with zero attached hydrogens (tertiary/aromatic N) is 6. The molecular weight excluding hydrogens is 466 g/mol. The molecule has 12 nitrogen and oxygen atoms in total. The highest BCUT2D eigenvalue weighted by molar-refractivity contribution is 5.93. The van der Waals surface area contributed by atoms with Gasteiger partial charge in [-0.3, -0.25) is 24.3 Å². The molecule has 0 atom stereocenters. The molecule has 2 aromatic carbocycles. The molecule has 180 valence electrons. The summed E-state index contributed by atoms with van der Waals surface area (Å²) in [6.07, 6.45) is 2.84. The molecule has 5 rings (SSSR count). The Labute approximate surface area is 202 Å². The van der Waals surface area contributed by atoms with Crippen molar-refractivity contribution in [2.24, 2.45) is 0 Å². The largest absolute Gasteiger partial charge is 0.355 e. The predicted octanol–water partition coefficient (Wildman–Crippen LogP) is 2.63. The number of nitrogens with one attached hydrogen (secondary N) is 1. The molecule has 0 aliphatic heterocycles. The monoisotopic (exact) mass is 485 g/mol. The number of nitro groups is 1. The molecule has 1 amide bonds. The summed E-state index contributed by atoms with van der Waals surface area (Å²) < 4.78 is 8.20. The maximum atomic E-state index is 12.9. The summed E-state index contributed by atoms with van der Waals surface area (Å²) >= 11 is 0. The number of carbonyl (C=O) groups excluding carboxylic acids is 1. The lowest BCUT2D eigenvalue weighted by Crippen LogP contribution is -2.28. The van der Waals surface area contributed by atoms with Crippen LogP contribution >= 0.6 is 0 Å². The highest BCUT2D eigenvalue weighted by atomic mass is 16.6. The summed E-state index contributed by atoms with van der Waals surface area (Å²) in [4.78, 5) is 40.0. The number of aromatic nitrogens is 5. The smallest absolute Gasteiger partial charge is 0.273 e. The first-order chi connectivity index (χ1) is 17.5. The van der Waals surface area contributed by atoms with E-state index in [2.05, 4.69) is 20.6 Å². The number of carbonyl (C=O) groups is 1. The maximum absolute atomic E-state index is 12.9. The van der Waals surface area contributed by atoms with E-state index in [1.54, 1.807) is 18.2 Å². The molecule has 0 spiro atoms. The molecule has 0 saturated heterocycles. The number of benzene rings is 2.